The average Bonchev–Trinajstić information content (AvgIpc) is 2.46. The maximum absolute atomic E-state index is 13.8. The lowest BCUT2D eigenvalue weighted by molar-refractivity contribution is 0.318. The van der Waals surface area contributed by atoms with Crippen LogP contribution in [-0.2, 0) is 5.75 Å². The second-order valence-corrected chi connectivity index (χ2v) is 5.33. The lowest BCUT2D eigenvalue weighted by Crippen LogP contribution is -2.16. The van der Waals surface area contributed by atoms with E-state index in [-0.39, 0.29) is 11.4 Å². The van der Waals surface area contributed by atoms with Crippen molar-refractivity contribution in [2.75, 3.05) is 0 Å². The third-order valence-electron chi connectivity index (χ3n) is 2.98. The van der Waals surface area contributed by atoms with Crippen LogP contribution in [0.1, 0.15) is 16.7 Å². The minimum atomic E-state index is -0.491. The number of benzene rings is 2. The van der Waals surface area contributed by atoms with E-state index >= 15 is 0 Å². The first-order chi connectivity index (χ1) is 9.63. The van der Waals surface area contributed by atoms with E-state index in [4.69, 9.17) is 10.9 Å². The standard InChI is InChI=1S/C15H15FN2OS/c1-10-5-2-3-6-11(10)9-20-13-8-4-7-12(16)14(13)15(17)18-19/h2-8,19H,9H2,1H3,(H2,17,18). The van der Waals surface area contributed by atoms with Gasteiger partial charge in [-0.2, -0.15) is 0 Å². The van der Waals surface area contributed by atoms with Gasteiger partial charge in [-0.3, -0.25) is 0 Å². The molecule has 0 atom stereocenters. The Bertz CT molecular complexity index is 644. The van der Waals surface area contributed by atoms with Gasteiger partial charge in [-0.05, 0) is 30.2 Å². The molecule has 5 heteroatoms. The summed E-state index contributed by atoms with van der Waals surface area (Å²) in [6.45, 7) is 2.03. The quantitative estimate of drug-likeness (QED) is 0.298. The zero-order valence-electron chi connectivity index (χ0n) is 11.0. The molecule has 0 amide bonds. The highest BCUT2D eigenvalue weighted by molar-refractivity contribution is 7.98. The highest BCUT2D eigenvalue weighted by atomic mass is 32.2. The van der Waals surface area contributed by atoms with Crippen molar-refractivity contribution in [1.29, 1.82) is 0 Å². The van der Waals surface area contributed by atoms with Crippen LogP contribution in [0.3, 0.4) is 0 Å². The van der Waals surface area contributed by atoms with Crippen molar-refractivity contribution >= 4 is 17.6 Å². The Labute approximate surface area is 121 Å². The van der Waals surface area contributed by atoms with E-state index in [1.54, 1.807) is 12.1 Å². The molecular weight excluding hydrogens is 275 g/mol. The summed E-state index contributed by atoms with van der Waals surface area (Å²) in [5.74, 6) is -0.00701. The molecule has 20 heavy (non-hydrogen) atoms. The van der Waals surface area contributed by atoms with Crippen molar-refractivity contribution in [3.8, 4) is 0 Å². The number of hydrogen-bond donors (Lipinski definition) is 2. The van der Waals surface area contributed by atoms with E-state index in [0.717, 1.165) is 0 Å². The molecule has 0 radical (unpaired) electrons. The summed E-state index contributed by atoms with van der Waals surface area (Å²) in [6, 6.07) is 12.7. The van der Waals surface area contributed by atoms with Gasteiger partial charge in [0.2, 0.25) is 0 Å². The molecule has 0 aliphatic heterocycles. The third-order valence-corrected chi connectivity index (χ3v) is 4.09. The fourth-order valence-corrected chi connectivity index (χ4v) is 3.01. The molecule has 0 heterocycles. The van der Waals surface area contributed by atoms with Crippen LogP contribution in [0.15, 0.2) is 52.5 Å². The van der Waals surface area contributed by atoms with Crippen molar-refractivity contribution in [2.24, 2.45) is 10.9 Å². The molecule has 0 unspecified atom stereocenters. The summed E-state index contributed by atoms with van der Waals surface area (Å²) in [7, 11) is 0. The molecule has 3 nitrogen and oxygen atoms in total. The number of rotatable bonds is 4. The Balaban J connectivity index is 2.27. The smallest absolute Gasteiger partial charge is 0.174 e. The molecule has 0 aliphatic carbocycles. The Morgan fingerprint density at radius 2 is 2.00 bits per heavy atom. The van der Waals surface area contributed by atoms with Crippen LogP contribution in [-0.4, -0.2) is 11.0 Å². The molecule has 104 valence electrons. The minimum Gasteiger partial charge on any atom is -0.409 e. The normalized spacial score (nSPS) is 11.6. The highest BCUT2D eigenvalue weighted by Gasteiger charge is 2.13. The van der Waals surface area contributed by atoms with Crippen molar-refractivity contribution in [2.45, 2.75) is 17.6 Å². The summed E-state index contributed by atoms with van der Waals surface area (Å²) in [5, 5.41) is 11.6. The fraction of sp³-hybridized carbons (Fsp3) is 0.133. The van der Waals surface area contributed by atoms with Crippen LogP contribution in [0, 0.1) is 12.7 Å². The van der Waals surface area contributed by atoms with Gasteiger partial charge in [0.25, 0.3) is 0 Å². The van der Waals surface area contributed by atoms with Gasteiger partial charge in [0.05, 0.1) is 5.56 Å². The molecule has 0 aromatic heterocycles. The average molecular weight is 290 g/mol. The fourth-order valence-electron chi connectivity index (χ4n) is 1.85. The molecular formula is C15H15FN2OS. The van der Waals surface area contributed by atoms with Crippen LogP contribution < -0.4 is 5.73 Å². The zero-order chi connectivity index (χ0) is 14.5. The number of aryl methyl sites for hydroxylation is 1. The maximum atomic E-state index is 13.8. The van der Waals surface area contributed by atoms with Crippen molar-refractivity contribution in [3.63, 3.8) is 0 Å². The molecule has 0 fully saturated rings. The first kappa shape index (κ1) is 14.4. The summed E-state index contributed by atoms with van der Waals surface area (Å²) in [6.07, 6.45) is 0. The molecule has 0 aliphatic rings. The molecule has 2 aromatic rings. The van der Waals surface area contributed by atoms with Crippen LogP contribution >= 0.6 is 11.8 Å². The summed E-state index contributed by atoms with van der Waals surface area (Å²) < 4.78 is 13.8. The van der Waals surface area contributed by atoms with E-state index in [2.05, 4.69) is 5.16 Å². The minimum absolute atomic E-state index is 0.147. The summed E-state index contributed by atoms with van der Waals surface area (Å²) in [4.78, 5) is 0.656. The molecule has 0 saturated heterocycles. The molecule has 2 rings (SSSR count). The first-order valence-electron chi connectivity index (χ1n) is 6.07. The van der Waals surface area contributed by atoms with Gasteiger partial charge in [-0.1, -0.05) is 35.5 Å². The number of halogens is 1. The number of hydrogen-bond acceptors (Lipinski definition) is 3. The maximum Gasteiger partial charge on any atom is 0.174 e. The van der Waals surface area contributed by atoms with E-state index < -0.39 is 5.82 Å². The van der Waals surface area contributed by atoms with Gasteiger partial charge < -0.3 is 10.9 Å². The van der Waals surface area contributed by atoms with Gasteiger partial charge in [0.15, 0.2) is 5.84 Å². The number of amidine groups is 1. The highest BCUT2D eigenvalue weighted by Crippen LogP contribution is 2.28. The number of thioether (sulfide) groups is 1. The SMILES string of the molecule is Cc1ccccc1CSc1cccc(F)c1C(N)=NO. The lowest BCUT2D eigenvalue weighted by Gasteiger charge is -2.10. The lowest BCUT2D eigenvalue weighted by atomic mass is 10.1. The first-order valence-corrected chi connectivity index (χ1v) is 7.05. The van der Waals surface area contributed by atoms with E-state index in [1.165, 1.54) is 29.0 Å². The van der Waals surface area contributed by atoms with E-state index in [0.29, 0.717) is 10.6 Å². The Morgan fingerprint density at radius 3 is 2.70 bits per heavy atom. The molecule has 2 aromatic carbocycles. The Morgan fingerprint density at radius 1 is 1.25 bits per heavy atom. The number of oxime groups is 1. The van der Waals surface area contributed by atoms with Crippen molar-refractivity contribution < 1.29 is 9.60 Å². The second kappa shape index (κ2) is 6.43. The Hall–Kier alpha value is -2.01. The summed E-state index contributed by atoms with van der Waals surface area (Å²) in [5.41, 5.74) is 8.04. The van der Waals surface area contributed by atoms with Crippen LogP contribution in [0.25, 0.3) is 0 Å². The van der Waals surface area contributed by atoms with Gasteiger partial charge >= 0.3 is 0 Å². The van der Waals surface area contributed by atoms with Gasteiger partial charge in [-0.25, -0.2) is 4.39 Å². The predicted octanol–water partition coefficient (Wildman–Crippen LogP) is 3.52. The van der Waals surface area contributed by atoms with Crippen LogP contribution in [0.5, 0.6) is 0 Å². The van der Waals surface area contributed by atoms with Crippen LogP contribution in [0.4, 0.5) is 4.39 Å². The number of nitrogens with two attached hydrogens (primary N) is 1. The van der Waals surface area contributed by atoms with Gasteiger partial charge in [-0.15, -0.1) is 11.8 Å². The Kier molecular flexibility index (Phi) is 4.63. The van der Waals surface area contributed by atoms with Crippen molar-refractivity contribution in [1.82, 2.24) is 0 Å². The largest absolute Gasteiger partial charge is 0.409 e. The van der Waals surface area contributed by atoms with Crippen molar-refractivity contribution in [3.05, 3.63) is 65.0 Å². The molecule has 0 spiro atoms. The van der Waals surface area contributed by atoms with E-state index in [1.807, 2.05) is 31.2 Å². The zero-order valence-corrected chi connectivity index (χ0v) is 11.8. The summed E-state index contributed by atoms with van der Waals surface area (Å²) >= 11 is 1.46. The molecule has 0 bridgehead atoms. The second-order valence-electron chi connectivity index (χ2n) is 4.31. The topological polar surface area (TPSA) is 58.6 Å². The van der Waals surface area contributed by atoms with E-state index in [9.17, 15) is 4.39 Å². The van der Waals surface area contributed by atoms with Gasteiger partial charge in [0, 0.05) is 10.6 Å². The predicted molar refractivity (Wildman–Crippen MR) is 79.7 cm³/mol. The number of nitrogens with zero attached hydrogens (tertiary/aromatic N) is 1. The third kappa shape index (κ3) is 3.11. The van der Waals surface area contributed by atoms with Gasteiger partial charge in [0.1, 0.15) is 5.82 Å². The molecule has 3 N–H and O–H groups in total. The van der Waals surface area contributed by atoms with Crippen LogP contribution in [0.2, 0.25) is 0 Å². The molecule has 0 saturated carbocycles. The monoisotopic (exact) mass is 290 g/mol.